The topological polar surface area (TPSA) is 89.4 Å². The van der Waals surface area contributed by atoms with Gasteiger partial charge in [-0.1, -0.05) is 18.2 Å². The van der Waals surface area contributed by atoms with Crippen molar-refractivity contribution in [3.63, 3.8) is 0 Å². The number of pyridine rings is 1. The van der Waals surface area contributed by atoms with Crippen LogP contribution in [-0.4, -0.2) is 42.2 Å². The Balaban J connectivity index is 1.50. The van der Waals surface area contributed by atoms with E-state index in [-0.39, 0.29) is 36.6 Å². The van der Waals surface area contributed by atoms with Gasteiger partial charge in [0, 0.05) is 24.7 Å². The molecule has 1 aromatic carbocycles. The quantitative estimate of drug-likeness (QED) is 0.795. The van der Waals surface area contributed by atoms with Gasteiger partial charge < -0.3 is 19.9 Å². The van der Waals surface area contributed by atoms with Gasteiger partial charge >= 0.3 is 0 Å². The normalized spacial score (nSPS) is 16.7. The first-order valence-corrected chi connectivity index (χ1v) is 8.36. The average Bonchev–Trinajstić information content (AvgIpc) is 3.14. The lowest BCUT2D eigenvalue weighted by Crippen LogP contribution is -2.41. The summed E-state index contributed by atoms with van der Waals surface area (Å²) in [7, 11) is 0. The van der Waals surface area contributed by atoms with Gasteiger partial charge in [0.05, 0.1) is 12.6 Å². The van der Waals surface area contributed by atoms with Crippen LogP contribution in [0.1, 0.15) is 12.8 Å². The highest BCUT2D eigenvalue weighted by molar-refractivity contribution is 5.85. The third-order valence-electron chi connectivity index (χ3n) is 4.20. The van der Waals surface area contributed by atoms with Crippen molar-refractivity contribution in [1.29, 1.82) is 0 Å². The highest BCUT2D eigenvalue weighted by Crippen LogP contribution is 2.10. The van der Waals surface area contributed by atoms with E-state index in [9.17, 15) is 14.4 Å². The standard InChI is InChI=1S/C18H21N3O4/c22-16(19-10-14-5-3-9-25-14)11-20-17(23)12-21-8-7-13-4-1-2-6-15(13)18(21)24/h1-2,4,6-8,14H,3,5,9-12H2,(H,19,22)(H,20,23). The summed E-state index contributed by atoms with van der Waals surface area (Å²) in [6, 6.07) is 9.00. The minimum absolute atomic E-state index is 0.0656. The number of hydrogen-bond acceptors (Lipinski definition) is 4. The molecule has 7 heteroatoms. The molecule has 2 N–H and O–H groups in total. The Morgan fingerprint density at radius 3 is 2.80 bits per heavy atom. The molecule has 1 aromatic heterocycles. The first-order valence-electron chi connectivity index (χ1n) is 8.36. The Morgan fingerprint density at radius 1 is 1.16 bits per heavy atom. The zero-order chi connectivity index (χ0) is 17.6. The van der Waals surface area contributed by atoms with Crippen LogP contribution in [0.25, 0.3) is 10.8 Å². The Hall–Kier alpha value is -2.67. The second-order valence-electron chi connectivity index (χ2n) is 6.05. The van der Waals surface area contributed by atoms with Crippen LogP contribution in [0.2, 0.25) is 0 Å². The lowest BCUT2D eigenvalue weighted by molar-refractivity contribution is -0.126. The van der Waals surface area contributed by atoms with E-state index in [0.29, 0.717) is 11.9 Å². The molecule has 7 nitrogen and oxygen atoms in total. The van der Waals surface area contributed by atoms with Gasteiger partial charge in [-0.05, 0) is 30.4 Å². The van der Waals surface area contributed by atoms with Gasteiger partial charge in [-0.15, -0.1) is 0 Å². The second-order valence-corrected chi connectivity index (χ2v) is 6.05. The molecule has 3 rings (SSSR count). The van der Waals surface area contributed by atoms with Crippen LogP contribution in [0.15, 0.2) is 41.3 Å². The minimum atomic E-state index is -0.385. The fourth-order valence-electron chi connectivity index (χ4n) is 2.84. The van der Waals surface area contributed by atoms with Gasteiger partial charge in [-0.3, -0.25) is 14.4 Å². The van der Waals surface area contributed by atoms with E-state index in [1.54, 1.807) is 24.4 Å². The number of rotatable bonds is 6. The van der Waals surface area contributed by atoms with E-state index in [2.05, 4.69) is 10.6 Å². The van der Waals surface area contributed by atoms with E-state index in [0.717, 1.165) is 24.8 Å². The molecule has 1 aliphatic rings. The SMILES string of the molecule is O=C(CNC(=O)Cn1ccc2ccccc2c1=O)NCC1CCCO1. The largest absolute Gasteiger partial charge is 0.376 e. The Kier molecular flexibility index (Phi) is 5.45. The lowest BCUT2D eigenvalue weighted by atomic mass is 10.2. The molecular weight excluding hydrogens is 322 g/mol. The summed E-state index contributed by atoms with van der Waals surface area (Å²) in [6.45, 7) is 0.952. The molecule has 132 valence electrons. The Morgan fingerprint density at radius 2 is 2.00 bits per heavy atom. The molecule has 0 saturated carbocycles. The summed E-state index contributed by atoms with van der Waals surface area (Å²) < 4.78 is 6.75. The molecule has 0 radical (unpaired) electrons. The summed E-state index contributed by atoms with van der Waals surface area (Å²) in [5.41, 5.74) is -0.226. The van der Waals surface area contributed by atoms with Gasteiger partial charge in [-0.25, -0.2) is 0 Å². The summed E-state index contributed by atoms with van der Waals surface area (Å²) in [4.78, 5) is 36.1. The van der Waals surface area contributed by atoms with Crippen LogP contribution >= 0.6 is 0 Å². The van der Waals surface area contributed by atoms with E-state index < -0.39 is 0 Å². The van der Waals surface area contributed by atoms with Crippen LogP contribution in [0.5, 0.6) is 0 Å². The van der Waals surface area contributed by atoms with E-state index in [1.165, 1.54) is 4.57 Å². The lowest BCUT2D eigenvalue weighted by Gasteiger charge is -2.11. The van der Waals surface area contributed by atoms with Crippen molar-refractivity contribution in [3.8, 4) is 0 Å². The van der Waals surface area contributed by atoms with Crippen molar-refractivity contribution in [2.45, 2.75) is 25.5 Å². The fraction of sp³-hybridized carbons (Fsp3) is 0.389. The summed E-state index contributed by atoms with van der Waals surface area (Å²) >= 11 is 0. The molecule has 0 bridgehead atoms. The van der Waals surface area contributed by atoms with Gasteiger partial charge in [0.15, 0.2) is 0 Å². The maximum Gasteiger partial charge on any atom is 0.258 e. The molecule has 25 heavy (non-hydrogen) atoms. The zero-order valence-electron chi connectivity index (χ0n) is 13.9. The van der Waals surface area contributed by atoms with Crippen LogP contribution in [-0.2, 0) is 20.9 Å². The summed E-state index contributed by atoms with van der Waals surface area (Å²) in [6.07, 6.45) is 3.60. The minimum Gasteiger partial charge on any atom is -0.376 e. The molecule has 1 aliphatic heterocycles. The molecule has 1 saturated heterocycles. The van der Waals surface area contributed by atoms with E-state index in [4.69, 9.17) is 4.74 Å². The van der Waals surface area contributed by atoms with Crippen molar-refractivity contribution in [1.82, 2.24) is 15.2 Å². The zero-order valence-corrected chi connectivity index (χ0v) is 13.9. The second kappa shape index (κ2) is 7.94. The van der Waals surface area contributed by atoms with Crippen molar-refractivity contribution in [2.75, 3.05) is 19.7 Å². The van der Waals surface area contributed by atoms with Gasteiger partial charge in [0.1, 0.15) is 6.54 Å². The number of amides is 2. The molecule has 1 unspecified atom stereocenters. The first kappa shape index (κ1) is 17.2. The maximum absolute atomic E-state index is 12.3. The smallest absolute Gasteiger partial charge is 0.258 e. The molecule has 1 fully saturated rings. The fourth-order valence-corrected chi connectivity index (χ4v) is 2.84. The van der Waals surface area contributed by atoms with Gasteiger partial charge in [0.2, 0.25) is 11.8 Å². The number of benzene rings is 1. The number of carbonyl (C=O) groups is 2. The molecule has 2 heterocycles. The van der Waals surface area contributed by atoms with Crippen molar-refractivity contribution >= 4 is 22.6 Å². The third kappa shape index (κ3) is 4.45. The number of hydrogen-bond donors (Lipinski definition) is 2. The van der Waals surface area contributed by atoms with Crippen molar-refractivity contribution in [2.24, 2.45) is 0 Å². The Labute approximate surface area is 145 Å². The highest BCUT2D eigenvalue weighted by atomic mass is 16.5. The number of nitrogens with one attached hydrogen (secondary N) is 2. The number of aromatic nitrogens is 1. The Bertz CT molecular complexity index is 824. The summed E-state index contributed by atoms with van der Waals surface area (Å²) in [5, 5.41) is 6.66. The monoisotopic (exact) mass is 343 g/mol. The highest BCUT2D eigenvalue weighted by Gasteiger charge is 2.16. The molecule has 2 amide bonds. The average molecular weight is 343 g/mol. The molecule has 1 atom stereocenters. The van der Waals surface area contributed by atoms with Crippen LogP contribution < -0.4 is 16.2 Å². The molecule has 2 aromatic rings. The van der Waals surface area contributed by atoms with Crippen molar-refractivity contribution < 1.29 is 14.3 Å². The maximum atomic E-state index is 12.3. The van der Waals surface area contributed by atoms with E-state index >= 15 is 0 Å². The third-order valence-corrected chi connectivity index (χ3v) is 4.20. The van der Waals surface area contributed by atoms with E-state index in [1.807, 2.05) is 12.1 Å². The van der Waals surface area contributed by atoms with Gasteiger partial charge in [0.25, 0.3) is 5.56 Å². The van der Waals surface area contributed by atoms with Crippen molar-refractivity contribution in [3.05, 3.63) is 46.9 Å². The van der Waals surface area contributed by atoms with Crippen LogP contribution in [0.3, 0.4) is 0 Å². The number of nitrogens with zero attached hydrogens (tertiary/aromatic N) is 1. The van der Waals surface area contributed by atoms with Crippen LogP contribution in [0.4, 0.5) is 0 Å². The number of ether oxygens (including phenoxy) is 1. The predicted molar refractivity (Wildman–Crippen MR) is 93.2 cm³/mol. The molecule has 0 aliphatic carbocycles. The summed E-state index contributed by atoms with van der Waals surface area (Å²) in [5.74, 6) is -0.653. The first-order chi connectivity index (χ1) is 12.1. The van der Waals surface area contributed by atoms with Gasteiger partial charge in [-0.2, -0.15) is 0 Å². The number of fused-ring (bicyclic) bond motifs is 1. The molecular formula is C18H21N3O4. The number of carbonyl (C=O) groups excluding carboxylic acids is 2. The molecule has 0 spiro atoms. The predicted octanol–water partition coefficient (Wildman–Crippen LogP) is 0.413. The van der Waals surface area contributed by atoms with Crippen LogP contribution in [0, 0.1) is 0 Å².